The van der Waals surface area contributed by atoms with Crippen molar-refractivity contribution in [3.63, 3.8) is 0 Å². The van der Waals surface area contributed by atoms with Gasteiger partial charge in [0.15, 0.2) is 0 Å². The molecule has 3 aliphatic rings. The Kier molecular flexibility index (Phi) is 4.56. The summed E-state index contributed by atoms with van der Waals surface area (Å²) >= 11 is 0. The fourth-order valence-corrected chi connectivity index (χ4v) is 5.03. The number of amides is 3. The van der Waals surface area contributed by atoms with E-state index >= 15 is 0 Å². The van der Waals surface area contributed by atoms with Gasteiger partial charge in [-0.2, -0.15) is 0 Å². The van der Waals surface area contributed by atoms with E-state index in [0.717, 1.165) is 12.1 Å². The first-order valence-electron chi connectivity index (χ1n) is 10.3. The van der Waals surface area contributed by atoms with Crippen molar-refractivity contribution in [2.45, 2.75) is 31.3 Å². The second kappa shape index (κ2) is 7.27. The maximum Gasteiger partial charge on any atom is 0.317 e. The van der Waals surface area contributed by atoms with Crippen molar-refractivity contribution in [3.05, 3.63) is 64.3 Å². The van der Waals surface area contributed by atoms with Crippen molar-refractivity contribution >= 4 is 17.6 Å². The van der Waals surface area contributed by atoms with Crippen molar-refractivity contribution < 1.29 is 14.0 Å². The molecule has 4 heterocycles. The molecule has 1 N–H and O–H groups in total. The molecular weight excluding hydrogens is 387 g/mol. The Bertz CT molecular complexity index is 1070. The Labute approximate surface area is 173 Å². The van der Waals surface area contributed by atoms with Crippen molar-refractivity contribution in [1.29, 1.82) is 0 Å². The summed E-state index contributed by atoms with van der Waals surface area (Å²) in [6, 6.07) is 10.7. The van der Waals surface area contributed by atoms with Gasteiger partial charge < -0.3 is 19.7 Å². The monoisotopic (exact) mass is 410 g/mol. The SMILES string of the molecule is O=C(NC1CC(=O)N(c2cccc(F)c2)C1)N1CC2CC(C1)c1cccc(=O)n1C2. The molecule has 2 saturated heterocycles. The molecule has 30 heavy (non-hydrogen) atoms. The standard InChI is InChI=1S/C22H23FN4O3/c23-16-3-1-4-18(8-16)26-13-17(9-21(26)29)24-22(30)25-10-14-7-15(12-25)19-5-2-6-20(28)27(19)11-14/h1-6,8,14-15,17H,7,9-13H2,(H,24,30). The van der Waals surface area contributed by atoms with Crippen LogP contribution in [0.15, 0.2) is 47.3 Å². The summed E-state index contributed by atoms with van der Waals surface area (Å²) < 4.78 is 15.3. The van der Waals surface area contributed by atoms with Crippen molar-refractivity contribution in [3.8, 4) is 0 Å². The Morgan fingerprint density at radius 2 is 1.87 bits per heavy atom. The average molecular weight is 410 g/mol. The van der Waals surface area contributed by atoms with Gasteiger partial charge in [-0.3, -0.25) is 9.59 Å². The van der Waals surface area contributed by atoms with Gasteiger partial charge in [-0.1, -0.05) is 12.1 Å². The highest BCUT2D eigenvalue weighted by Gasteiger charge is 2.38. The van der Waals surface area contributed by atoms with Gasteiger partial charge in [0.1, 0.15) is 5.82 Å². The number of urea groups is 1. The predicted octanol–water partition coefficient (Wildman–Crippen LogP) is 1.92. The fourth-order valence-electron chi connectivity index (χ4n) is 5.03. The number of rotatable bonds is 2. The molecule has 0 aliphatic carbocycles. The summed E-state index contributed by atoms with van der Waals surface area (Å²) in [4.78, 5) is 40.8. The number of nitrogens with zero attached hydrogens (tertiary/aromatic N) is 3. The zero-order valence-corrected chi connectivity index (χ0v) is 16.5. The van der Waals surface area contributed by atoms with E-state index in [2.05, 4.69) is 5.32 Å². The Morgan fingerprint density at radius 3 is 2.70 bits per heavy atom. The lowest BCUT2D eigenvalue weighted by Gasteiger charge is -2.42. The number of hydrogen-bond acceptors (Lipinski definition) is 3. The number of likely N-dealkylation sites (tertiary alicyclic amines) is 1. The van der Waals surface area contributed by atoms with Crippen LogP contribution in [0.4, 0.5) is 14.9 Å². The molecule has 5 rings (SSSR count). The van der Waals surface area contributed by atoms with Gasteiger partial charge >= 0.3 is 6.03 Å². The molecule has 0 saturated carbocycles. The van der Waals surface area contributed by atoms with E-state index in [9.17, 15) is 18.8 Å². The van der Waals surface area contributed by atoms with Crippen LogP contribution < -0.4 is 15.8 Å². The van der Waals surface area contributed by atoms with E-state index in [4.69, 9.17) is 0 Å². The minimum absolute atomic E-state index is 0.0157. The Balaban J connectivity index is 1.26. The van der Waals surface area contributed by atoms with Crippen LogP contribution in [0, 0.1) is 11.7 Å². The van der Waals surface area contributed by atoms with Crippen LogP contribution >= 0.6 is 0 Å². The van der Waals surface area contributed by atoms with Crippen LogP contribution in [-0.2, 0) is 11.3 Å². The van der Waals surface area contributed by atoms with Crippen LogP contribution in [0.1, 0.15) is 24.5 Å². The molecule has 3 aliphatic heterocycles. The van der Waals surface area contributed by atoms with E-state index in [1.165, 1.54) is 17.0 Å². The third-order valence-electron chi connectivity index (χ3n) is 6.34. The number of benzene rings is 1. The molecular formula is C22H23FN4O3. The number of aromatic nitrogens is 1. The van der Waals surface area contributed by atoms with E-state index in [0.29, 0.717) is 31.9 Å². The number of carbonyl (C=O) groups excluding carboxylic acids is 2. The number of nitrogens with one attached hydrogen (secondary N) is 1. The zero-order valence-electron chi connectivity index (χ0n) is 16.5. The number of piperidine rings is 1. The van der Waals surface area contributed by atoms with Crippen LogP contribution in [0.3, 0.4) is 0 Å². The van der Waals surface area contributed by atoms with Crippen LogP contribution in [0.5, 0.6) is 0 Å². The predicted molar refractivity (Wildman–Crippen MR) is 109 cm³/mol. The van der Waals surface area contributed by atoms with Crippen molar-refractivity contribution in [2.75, 3.05) is 24.5 Å². The van der Waals surface area contributed by atoms with E-state index < -0.39 is 5.82 Å². The molecule has 156 valence electrons. The molecule has 3 atom stereocenters. The lowest BCUT2D eigenvalue weighted by atomic mass is 9.83. The molecule has 8 heteroatoms. The highest BCUT2D eigenvalue weighted by atomic mass is 19.1. The second-order valence-electron chi connectivity index (χ2n) is 8.44. The number of anilines is 1. The summed E-state index contributed by atoms with van der Waals surface area (Å²) in [5, 5.41) is 2.98. The smallest absolute Gasteiger partial charge is 0.317 e. The zero-order chi connectivity index (χ0) is 20.8. The second-order valence-corrected chi connectivity index (χ2v) is 8.44. The third kappa shape index (κ3) is 3.36. The van der Waals surface area contributed by atoms with Crippen LogP contribution in [0.25, 0.3) is 0 Å². The highest BCUT2D eigenvalue weighted by Crippen LogP contribution is 2.35. The number of carbonyl (C=O) groups is 2. The minimum atomic E-state index is -0.396. The molecule has 2 bridgehead atoms. The number of fused-ring (bicyclic) bond motifs is 4. The maximum atomic E-state index is 13.5. The molecule has 1 aromatic carbocycles. The summed E-state index contributed by atoms with van der Waals surface area (Å²) in [7, 11) is 0. The van der Waals surface area contributed by atoms with E-state index in [1.807, 2.05) is 10.6 Å². The highest BCUT2D eigenvalue weighted by molar-refractivity contribution is 5.96. The maximum absolute atomic E-state index is 13.5. The topological polar surface area (TPSA) is 74.7 Å². The van der Waals surface area contributed by atoms with Gasteiger partial charge in [0.25, 0.3) is 5.56 Å². The molecule has 3 unspecified atom stereocenters. The molecule has 1 aromatic heterocycles. The van der Waals surface area contributed by atoms with E-state index in [1.54, 1.807) is 29.2 Å². The fraction of sp³-hybridized carbons (Fsp3) is 0.409. The molecule has 2 aromatic rings. The minimum Gasteiger partial charge on any atom is -0.333 e. The van der Waals surface area contributed by atoms with Gasteiger partial charge in [0.2, 0.25) is 5.91 Å². The first-order valence-corrected chi connectivity index (χ1v) is 10.3. The lowest BCUT2D eigenvalue weighted by molar-refractivity contribution is -0.117. The summed E-state index contributed by atoms with van der Waals surface area (Å²) in [6.07, 6.45) is 1.17. The van der Waals surface area contributed by atoms with Gasteiger partial charge in [-0.05, 0) is 36.6 Å². The normalized spacial score (nSPS) is 25.2. The number of halogens is 1. The summed E-state index contributed by atoms with van der Waals surface area (Å²) in [5.74, 6) is -0.135. The van der Waals surface area contributed by atoms with Crippen LogP contribution in [-0.4, -0.2) is 47.1 Å². The van der Waals surface area contributed by atoms with Gasteiger partial charge in [-0.15, -0.1) is 0 Å². The largest absolute Gasteiger partial charge is 0.333 e. The Hall–Kier alpha value is -3.16. The number of hydrogen-bond donors (Lipinski definition) is 1. The van der Waals surface area contributed by atoms with Crippen molar-refractivity contribution in [1.82, 2.24) is 14.8 Å². The molecule has 2 fully saturated rings. The molecule has 0 radical (unpaired) electrons. The number of pyridine rings is 1. The average Bonchev–Trinajstić information content (AvgIpc) is 3.09. The Morgan fingerprint density at radius 1 is 1.03 bits per heavy atom. The van der Waals surface area contributed by atoms with Crippen molar-refractivity contribution in [2.24, 2.45) is 5.92 Å². The summed E-state index contributed by atoms with van der Waals surface area (Å²) in [5.41, 5.74) is 1.51. The molecule has 0 spiro atoms. The molecule has 7 nitrogen and oxygen atoms in total. The quantitative estimate of drug-likeness (QED) is 0.822. The third-order valence-corrected chi connectivity index (χ3v) is 6.34. The molecule has 3 amide bonds. The van der Waals surface area contributed by atoms with Gasteiger partial charge in [-0.25, -0.2) is 9.18 Å². The first kappa shape index (κ1) is 18.8. The summed E-state index contributed by atoms with van der Waals surface area (Å²) in [6.45, 7) is 2.11. The lowest BCUT2D eigenvalue weighted by Crippen LogP contribution is -2.53. The first-order chi connectivity index (χ1) is 14.5. The van der Waals surface area contributed by atoms with Gasteiger partial charge in [0, 0.05) is 56.0 Å². The van der Waals surface area contributed by atoms with E-state index in [-0.39, 0.29) is 41.8 Å². The van der Waals surface area contributed by atoms with Crippen LogP contribution in [0.2, 0.25) is 0 Å². The van der Waals surface area contributed by atoms with Gasteiger partial charge in [0.05, 0.1) is 6.04 Å².